The molecule has 2 aromatic heterocycles. The molecular formula is C43H30N2. The SMILES string of the molecule is Cc1cc(-n2c3ccccc3c3cccnc32)ccc1-c1cccc(-c2ccc3c4ccccc4c4ccccc4c3c2)c1C. The van der Waals surface area contributed by atoms with Crippen LogP contribution >= 0.6 is 0 Å². The number of aryl methyl sites for hydroxylation is 1. The van der Waals surface area contributed by atoms with Gasteiger partial charge in [-0.2, -0.15) is 0 Å². The highest BCUT2D eigenvalue weighted by Gasteiger charge is 2.16. The summed E-state index contributed by atoms with van der Waals surface area (Å²) in [7, 11) is 0. The maximum absolute atomic E-state index is 4.78. The molecule has 0 radical (unpaired) electrons. The van der Waals surface area contributed by atoms with E-state index in [1.54, 1.807) is 0 Å². The molecule has 9 aromatic rings. The smallest absolute Gasteiger partial charge is 0.145 e. The van der Waals surface area contributed by atoms with E-state index < -0.39 is 0 Å². The number of benzene rings is 7. The first-order chi connectivity index (χ1) is 22.2. The van der Waals surface area contributed by atoms with Crippen molar-refractivity contribution in [2.75, 3.05) is 0 Å². The molecule has 2 heterocycles. The van der Waals surface area contributed by atoms with E-state index in [2.05, 4.69) is 152 Å². The summed E-state index contributed by atoms with van der Waals surface area (Å²) in [6, 6.07) is 50.8. The number of pyridine rings is 1. The van der Waals surface area contributed by atoms with Crippen LogP contribution in [0.1, 0.15) is 11.1 Å². The monoisotopic (exact) mass is 574 g/mol. The van der Waals surface area contributed by atoms with Crippen molar-refractivity contribution in [2.45, 2.75) is 13.8 Å². The Hall–Kier alpha value is -5.73. The Morgan fingerprint density at radius 3 is 1.80 bits per heavy atom. The zero-order valence-electron chi connectivity index (χ0n) is 25.3. The summed E-state index contributed by atoms with van der Waals surface area (Å²) in [5.41, 5.74) is 10.8. The number of fused-ring (bicyclic) bond motifs is 9. The lowest BCUT2D eigenvalue weighted by molar-refractivity contribution is 1.13. The molecule has 0 aliphatic heterocycles. The van der Waals surface area contributed by atoms with E-state index in [4.69, 9.17) is 4.98 Å². The Bertz CT molecular complexity index is 2530. The van der Waals surface area contributed by atoms with Crippen LogP contribution in [0.4, 0.5) is 0 Å². The molecule has 2 heteroatoms. The van der Waals surface area contributed by atoms with E-state index in [1.807, 2.05) is 12.3 Å². The van der Waals surface area contributed by atoms with Crippen LogP contribution in [0.15, 0.2) is 146 Å². The topological polar surface area (TPSA) is 17.8 Å². The van der Waals surface area contributed by atoms with Crippen molar-refractivity contribution in [3.63, 3.8) is 0 Å². The van der Waals surface area contributed by atoms with E-state index in [9.17, 15) is 0 Å². The lowest BCUT2D eigenvalue weighted by Crippen LogP contribution is -1.97. The minimum atomic E-state index is 0.987. The number of nitrogens with zero attached hydrogens (tertiary/aromatic N) is 2. The van der Waals surface area contributed by atoms with Gasteiger partial charge in [-0.25, -0.2) is 4.98 Å². The first-order valence-electron chi connectivity index (χ1n) is 15.6. The minimum absolute atomic E-state index is 0.987. The van der Waals surface area contributed by atoms with Crippen molar-refractivity contribution in [3.8, 4) is 27.9 Å². The number of para-hydroxylation sites is 1. The first-order valence-corrected chi connectivity index (χ1v) is 15.6. The fraction of sp³-hybridized carbons (Fsp3) is 0.0465. The molecule has 0 spiro atoms. The second-order valence-corrected chi connectivity index (χ2v) is 12.1. The second-order valence-electron chi connectivity index (χ2n) is 12.1. The van der Waals surface area contributed by atoms with Crippen LogP contribution in [-0.2, 0) is 0 Å². The van der Waals surface area contributed by atoms with Crippen molar-refractivity contribution in [3.05, 3.63) is 157 Å². The highest BCUT2D eigenvalue weighted by atomic mass is 15.0. The molecule has 9 rings (SSSR count). The fourth-order valence-corrected chi connectivity index (χ4v) is 7.46. The number of hydrogen-bond acceptors (Lipinski definition) is 1. The number of aromatic nitrogens is 2. The second kappa shape index (κ2) is 9.90. The number of hydrogen-bond donors (Lipinski definition) is 0. The zero-order valence-corrected chi connectivity index (χ0v) is 25.3. The van der Waals surface area contributed by atoms with Gasteiger partial charge in [0.15, 0.2) is 0 Å². The third kappa shape index (κ3) is 3.86. The van der Waals surface area contributed by atoms with Crippen molar-refractivity contribution in [2.24, 2.45) is 0 Å². The van der Waals surface area contributed by atoms with Gasteiger partial charge in [0.05, 0.1) is 5.52 Å². The third-order valence-electron chi connectivity index (χ3n) is 9.58. The predicted molar refractivity (Wildman–Crippen MR) is 191 cm³/mol. The molecular weight excluding hydrogens is 544 g/mol. The van der Waals surface area contributed by atoms with Gasteiger partial charge in [0.1, 0.15) is 5.65 Å². The fourth-order valence-electron chi connectivity index (χ4n) is 7.46. The van der Waals surface area contributed by atoms with Gasteiger partial charge < -0.3 is 0 Å². The normalized spacial score (nSPS) is 11.8. The predicted octanol–water partition coefficient (Wildman–Crippen LogP) is 11.6. The van der Waals surface area contributed by atoms with Gasteiger partial charge >= 0.3 is 0 Å². The standard InChI is InChI=1S/C43H30N2/c1-27-25-30(45-42-19-8-7-15-39(42)40-18-10-24-44-43(40)45)21-23-31(27)33-17-9-16-32(28(33)2)29-20-22-38-36-13-4-3-11-34(36)35-12-5-6-14-37(35)41(38)26-29/h3-26H,1-2H3. The Kier molecular flexibility index (Phi) is 5.66. The minimum Gasteiger partial charge on any atom is -0.294 e. The van der Waals surface area contributed by atoms with Gasteiger partial charge in [0.25, 0.3) is 0 Å². The first kappa shape index (κ1) is 25.7. The van der Waals surface area contributed by atoms with Crippen LogP contribution in [0.3, 0.4) is 0 Å². The summed E-state index contributed by atoms with van der Waals surface area (Å²) in [5.74, 6) is 0. The molecule has 0 atom stereocenters. The van der Waals surface area contributed by atoms with Crippen LogP contribution in [0, 0.1) is 13.8 Å². The van der Waals surface area contributed by atoms with Crippen LogP contribution in [0.5, 0.6) is 0 Å². The largest absolute Gasteiger partial charge is 0.294 e. The highest BCUT2D eigenvalue weighted by molar-refractivity contribution is 6.25. The average molecular weight is 575 g/mol. The van der Waals surface area contributed by atoms with Crippen LogP contribution < -0.4 is 0 Å². The van der Waals surface area contributed by atoms with Crippen LogP contribution in [0.2, 0.25) is 0 Å². The van der Waals surface area contributed by atoms with E-state index >= 15 is 0 Å². The van der Waals surface area contributed by atoms with Gasteiger partial charge in [-0.15, -0.1) is 0 Å². The maximum atomic E-state index is 4.78. The third-order valence-corrected chi connectivity index (χ3v) is 9.58. The molecule has 0 fully saturated rings. The lowest BCUT2D eigenvalue weighted by Gasteiger charge is -2.17. The molecule has 0 N–H and O–H groups in total. The molecule has 0 amide bonds. The van der Waals surface area contributed by atoms with E-state index in [0.717, 1.165) is 11.3 Å². The molecule has 0 saturated heterocycles. The Morgan fingerprint density at radius 1 is 0.444 bits per heavy atom. The summed E-state index contributed by atoms with van der Waals surface area (Å²) in [6.45, 7) is 4.48. The van der Waals surface area contributed by atoms with Gasteiger partial charge in [-0.3, -0.25) is 4.57 Å². The Morgan fingerprint density at radius 2 is 1.07 bits per heavy atom. The molecule has 2 nitrogen and oxygen atoms in total. The summed E-state index contributed by atoms with van der Waals surface area (Å²) in [5, 5.41) is 10.2. The average Bonchev–Trinajstić information content (AvgIpc) is 3.43. The summed E-state index contributed by atoms with van der Waals surface area (Å²) in [4.78, 5) is 4.78. The van der Waals surface area contributed by atoms with Crippen molar-refractivity contribution in [1.29, 1.82) is 0 Å². The molecule has 45 heavy (non-hydrogen) atoms. The van der Waals surface area contributed by atoms with Crippen LogP contribution in [-0.4, -0.2) is 9.55 Å². The Balaban J connectivity index is 1.19. The van der Waals surface area contributed by atoms with E-state index in [0.29, 0.717) is 0 Å². The molecule has 0 bridgehead atoms. The highest BCUT2D eigenvalue weighted by Crippen LogP contribution is 2.40. The van der Waals surface area contributed by atoms with Crippen molar-refractivity contribution in [1.82, 2.24) is 9.55 Å². The summed E-state index contributed by atoms with van der Waals surface area (Å²) < 4.78 is 2.29. The summed E-state index contributed by atoms with van der Waals surface area (Å²) >= 11 is 0. The van der Waals surface area contributed by atoms with Crippen LogP contribution in [0.25, 0.3) is 82.2 Å². The van der Waals surface area contributed by atoms with Gasteiger partial charge in [-0.1, -0.05) is 103 Å². The zero-order chi connectivity index (χ0) is 30.1. The molecule has 0 aliphatic rings. The molecule has 0 saturated carbocycles. The van der Waals surface area contributed by atoms with E-state index in [1.165, 1.54) is 82.0 Å². The van der Waals surface area contributed by atoms with Crippen molar-refractivity contribution < 1.29 is 0 Å². The molecule has 7 aromatic carbocycles. The maximum Gasteiger partial charge on any atom is 0.145 e. The molecule has 0 unspecified atom stereocenters. The van der Waals surface area contributed by atoms with Crippen molar-refractivity contribution >= 4 is 54.3 Å². The van der Waals surface area contributed by atoms with Gasteiger partial charge in [0.2, 0.25) is 0 Å². The molecule has 0 aliphatic carbocycles. The summed E-state index contributed by atoms with van der Waals surface area (Å²) in [6.07, 6.45) is 1.88. The Labute approximate surface area is 261 Å². The van der Waals surface area contributed by atoms with Gasteiger partial charge in [-0.05, 0) is 116 Å². The van der Waals surface area contributed by atoms with E-state index in [-0.39, 0.29) is 0 Å². The van der Waals surface area contributed by atoms with Gasteiger partial charge in [0, 0.05) is 22.7 Å². The molecule has 212 valence electrons. The lowest BCUT2D eigenvalue weighted by atomic mass is 9.88. The number of rotatable bonds is 3. The quantitative estimate of drug-likeness (QED) is 0.192.